The molecule has 2 aliphatic rings. The third-order valence-corrected chi connectivity index (χ3v) is 7.66. The minimum absolute atomic E-state index is 0.105. The summed E-state index contributed by atoms with van der Waals surface area (Å²) in [5.41, 5.74) is 1.27. The van der Waals surface area contributed by atoms with Crippen LogP contribution in [0.4, 0.5) is 10.6 Å². The fourth-order valence-electron chi connectivity index (χ4n) is 4.02. The summed E-state index contributed by atoms with van der Waals surface area (Å²) in [6.45, 7) is 7.94. The Labute approximate surface area is 190 Å². The van der Waals surface area contributed by atoms with Crippen molar-refractivity contribution in [1.29, 1.82) is 0 Å². The lowest BCUT2D eigenvalue weighted by Gasteiger charge is -2.27. The van der Waals surface area contributed by atoms with Gasteiger partial charge in [0.1, 0.15) is 11.4 Å². The number of hydrogen-bond donors (Lipinski definition) is 0. The van der Waals surface area contributed by atoms with Crippen molar-refractivity contribution in [3.05, 3.63) is 53.7 Å². The summed E-state index contributed by atoms with van der Waals surface area (Å²) in [5.74, 6) is 0.538. The number of ether oxygens (including phenoxy) is 1. The smallest absolute Gasteiger partial charge is 0.416 e. The quantitative estimate of drug-likeness (QED) is 0.643. The Morgan fingerprint density at radius 1 is 1.09 bits per heavy atom. The van der Waals surface area contributed by atoms with Crippen molar-refractivity contribution in [3.63, 3.8) is 0 Å². The normalized spacial score (nSPS) is 19.7. The van der Waals surface area contributed by atoms with Gasteiger partial charge < -0.3 is 4.74 Å². The molecule has 1 aliphatic heterocycles. The van der Waals surface area contributed by atoms with E-state index >= 15 is 0 Å². The van der Waals surface area contributed by atoms with Crippen LogP contribution >= 0.6 is 0 Å². The molecular formula is C24H31N3O4S. The molecule has 2 heterocycles. The second-order valence-corrected chi connectivity index (χ2v) is 11.5. The maximum absolute atomic E-state index is 13.3. The Hall–Kier alpha value is -2.45. The first-order valence-electron chi connectivity index (χ1n) is 11.1. The van der Waals surface area contributed by atoms with Crippen LogP contribution in [0.1, 0.15) is 63.6 Å². The number of pyridine rings is 1. The molecule has 0 spiro atoms. The number of sulfonamides is 1. The number of amides is 1. The largest absolute Gasteiger partial charge is 0.443 e. The first kappa shape index (κ1) is 22.7. The molecule has 0 unspecified atom stereocenters. The fraction of sp³-hybridized carbons (Fsp3) is 0.500. The molecule has 32 heavy (non-hydrogen) atoms. The van der Waals surface area contributed by atoms with Crippen molar-refractivity contribution in [2.24, 2.45) is 0 Å². The predicted molar refractivity (Wildman–Crippen MR) is 123 cm³/mol. The lowest BCUT2D eigenvalue weighted by atomic mass is 10.1. The summed E-state index contributed by atoms with van der Waals surface area (Å²) in [6.07, 6.45) is 4.68. The van der Waals surface area contributed by atoms with Crippen molar-refractivity contribution >= 4 is 21.9 Å². The molecule has 172 valence electrons. The Kier molecular flexibility index (Phi) is 6.02. The standard InChI is InChI=1S/C24H31N3O4S/c1-17-7-12-20(13-8-17)32(29,30)26-15-5-6-21(26)18-9-14-22(25-16-18)27(19-10-11-19)23(28)31-24(2,3)4/h7-9,12-14,16,19,21H,5-6,10-11,15H2,1-4H3/t21-/m0/s1. The van der Waals surface area contributed by atoms with Crippen LogP contribution in [0.2, 0.25) is 0 Å². The number of nitrogens with zero attached hydrogens (tertiary/aromatic N) is 3. The lowest BCUT2D eigenvalue weighted by molar-refractivity contribution is 0.0576. The molecule has 0 N–H and O–H groups in total. The van der Waals surface area contributed by atoms with Crippen LogP contribution in [0.25, 0.3) is 0 Å². The molecule has 7 nitrogen and oxygen atoms in total. The van der Waals surface area contributed by atoms with Crippen molar-refractivity contribution in [2.45, 2.75) is 76.0 Å². The molecule has 0 radical (unpaired) electrons. The molecule has 1 aromatic carbocycles. The molecule has 4 rings (SSSR count). The summed E-state index contributed by atoms with van der Waals surface area (Å²) in [7, 11) is -3.60. The van der Waals surface area contributed by atoms with Gasteiger partial charge in [0.15, 0.2) is 0 Å². The van der Waals surface area contributed by atoms with Gasteiger partial charge in [-0.2, -0.15) is 4.31 Å². The van der Waals surface area contributed by atoms with E-state index in [-0.39, 0.29) is 12.1 Å². The first-order chi connectivity index (χ1) is 15.1. The van der Waals surface area contributed by atoms with Crippen LogP contribution < -0.4 is 4.90 Å². The highest BCUT2D eigenvalue weighted by atomic mass is 32.2. The number of anilines is 1. The van der Waals surface area contributed by atoms with Crippen molar-refractivity contribution < 1.29 is 17.9 Å². The second-order valence-electron chi connectivity index (χ2n) is 9.62. The van der Waals surface area contributed by atoms with Gasteiger partial charge in [0, 0.05) is 18.8 Å². The molecule has 1 saturated heterocycles. The Balaban J connectivity index is 1.56. The van der Waals surface area contributed by atoms with E-state index in [1.165, 1.54) is 0 Å². The van der Waals surface area contributed by atoms with Gasteiger partial charge in [-0.05, 0) is 77.1 Å². The minimum atomic E-state index is -3.60. The summed E-state index contributed by atoms with van der Waals surface area (Å²) in [6, 6.07) is 10.5. The first-order valence-corrected chi connectivity index (χ1v) is 12.6. The van der Waals surface area contributed by atoms with Gasteiger partial charge >= 0.3 is 6.09 Å². The highest BCUT2D eigenvalue weighted by Gasteiger charge is 2.39. The van der Waals surface area contributed by atoms with E-state index in [1.54, 1.807) is 33.6 Å². The average molecular weight is 458 g/mol. The SMILES string of the molecule is Cc1ccc(S(=O)(=O)N2CCC[C@H]2c2ccc(N(C(=O)OC(C)(C)C)C3CC3)nc2)cc1. The average Bonchev–Trinajstić information content (AvgIpc) is 3.41. The number of aromatic nitrogens is 1. The zero-order chi connectivity index (χ0) is 23.1. The van der Waals surface area contributed by atoms with Crippen LogP contribution in [0.3, 0.4) is 0 Å². The maximum Gasteiger partial charge on any atom is 0.416 e. The van der Waals surface area contributed by atoms with E-state index in [0.717, 1.165) is 36.8 Å². The number of rotatable bonds is 5. The summed E-state index contributed by atoms with van der Waals surface area (Å²) < 4.78 is 33.7. The molecule has 8 heteroatoms. The number of carbonyl (C=O) groups is 1. The Bertz CT molecular complexity index is 1070. The van der Waals surface area contributed by atoms with Gasteiger partial charge in [-0.1, -0.05) is 23.8 Å². The number of aryl methyl sites for hydroxylation is 1. The third-order valence-electron chi connectivity index (χ3n) is 5.74. The topological polar surface area (TPSA) is 79.8 Å². The van der Waals surface area contributed by atoms with Crippen LogP contribution in [-0.4, -0.2) is 42.0 Å². The summed E-state index contributed by atoms with van der Waals surface area (Å²) in [4.78, 5) is 19.2. The molecule has 1 aliphatic carbocycles. The van der Waals surface area contributed by atoms with Crippen LogP contribution in [0.5, 0.6) is 0 Å². The molecule has 0 bridgehead atoms. The van der Waals surface area contributed by atoms with Gasteiger partial charge in [0.25, 0.3) is 0 Å². The fourth-order valence-corrected chi connectivity index (χ4v) is 5.70. The number of hydrogen-bond acceptors (Lipinski definition) is 5. The molecule has 1 saturated carbocycles. The molecule has 1 atom stereocenters. The van der Waals surface area contributed by atoms with Gasteiger partial charge in [-0.15, -0.1) is 0 Å². The van der Waals surface area contributed by atoms with Gasteiger partial charge in [0.2, 0.25) is 10.0 Å². The minimum Gasteiger partial charge on any atom is -0.443 e. The monoisotopic (exact) mass is 457 g/mol. The third kappa shape index (κ3) is 4.81. The van der Waals surface area contributed by atoms with E-state index in [9.17, 15) is 13.2 Å². The van der Waals surface area contributed by atoms with E-state index in [2.05, 4.69) is 4.98 Å². The van der Waals surface area contributed by atoms with Crippen LogP contribution in [-0.2, 0) is 14.8 Å². The van der Waals surface area contributed by atoms with E-state index in [1.807, 2.05) is 45.9 Å². The molecule has 2 aromatic rings. The number of benzene rings is 1. The van der Waals surface area contributed by atoms with Crippen molar-refractivity contribution in [2.75, 3.05) is 11.4 Å². The van der Waals surface area contributed by atoms with Crippen LogP contribution in [0, 0.1) is 6.92 Å². The molecule has 2 fully saturated rings. The summed E-state index contributed by atoms with van der Waals surface area (Å²) in [5, 5.41) is 0. The zero-order valence-electron chi connectivity index (χ0n) is 19.1. The van der Waals surface area contributed by atoms with Crippen LogP contribution in [0.15, 0.2) is 47.5 Å². The van der Waals surface area contributed by atoms with Crippen molar-refractivity contribution in [1.82, 2.24) is 9.29 Å². The molecular weight excluding hydrogens is 426 g/mol. The zero-order valence-corrected chi connectivity index (χ0v) is 19.9. The van der Waals surface area contributed by atoms with Gasteiger partial charge in [0.05, 0.1) is 10.9 Å². The number of carbonyl (C=O) groups excluding carboxylic acids is 1. The molecule has 1 aromatic heterocycles. The van der Waals surface area contributed by atoms with Gasteiger partial charge in [-0.25, -0.2) is 18.2 Å². The maximum atomic E-state index is 13.3. The Morgan fingerprint density at radius 3 is 2.34 bits per heavy atom. The molecule has 1 amide bonds. The lowest BCUT2D eigenvalue weighted by Crippen LogP contribution is -2.38. The predicted octanol–water partition coefficient (Wildman–Crippen LogP) is 4.82. The van der Waals surface area contributed by atoms with Gasteiger partial charge in [-0.3, -0.25) is 4.90 Å². The van der Waals surface area contributed by atoms with E-state index < -0.39 is 21.7 Å². The van der Waals surface area contributed by atoms with E-state index in [0.29, 0.717) is 17.3 Å². The Morgan fingerprint density at radius 2 is 1.78 bits per heavy atom. The van der Waals surface area contributed by atoms with E-state index in [4.69, 9.17) is 4.74 Å². The summed E-state index contributed by atoms with van der Waals surface area (Å²) >= 11 is 0. The second kappa shape index (κ2) is 8.48. The highest BCUT2D eigenvalue weighted by Crippen LogP contribution is 2.38. The van der Waals surface area contributed by atoms with Crippen molar-refractivity contribution in [3.8, 4) is 0 Å². The highest BCUT2D eigenvalue weighted by molar-refractivity contribution is 7.89.